The molecule has 0 atom stereocenters. The molecule has 1 heteroatoms. The molecule has 74 valence electrons. The van der Waals surface area contributed by atoms with E-state index in [0.29, 0.717) is 5.78 Å². The molecule has 0 fully saturated rings. The minimum atomic E-state index is 0.247. The number of unbranched alkanes of at least 4 members (excludes halogenated alkanes) is 1. The first-order chi connectivity index (χ1) is 6.05. The monoisotopic (exact) mass is 180 g/mol. The van der Waals surface area contributed by atoms with Crippen LogP contribution in [0.1, 0.15) is 52.9 Å². The number of rotatable bonds is 3. The lowest BCUT2D eigenvalue weighted by Crippen LogP contribution is -2.19. The van der Waals surface area contributed by atoms with Crippen molar-refractivity contribution in [2.24, 2.45) is 5.41 Å². The molecular formula is C12H20O. The zero-order valence-electron chi connectivity index (χ0n) is 9.02. The highest BCUT2D eigenvalue weighted by atomic mass is 16.1. The highest BCUT2D eigenvalue weighted by molar-refractivity contribution is 5.96. The van der Waals surface area contributed by atoms with Crippen molar-refractivity contribution >= 4 is 5.78 Å². The largest absolute Gasteiger partial charge is 0.295 e. The van der Waals surface area contributed by atoms with Crippen LogP contribution in [0.4, 0.5) is 0 Å². The predicted octanol–water partition coefficient (Wildman–Crippen LogP) is 3.49. The van der Waals surface area contributed by atoms with E-state index in [1.807, 2.05) is 0 Å². The van der Waals surface area contributed by atoms with E-state index >= 15 is 0 Å². The third-order valence-corrected chi connectivity index (χ3v) is 2.72. The van der Waals surface area contributed by atoms with Gasteiger partial charge in [-0.05, 0) is 30.3 Å². The fraction of sp³-hybridized carbons (Fsp3) is 0.750. The van der Waals surface area contributed by atoms with Crippen LogP contribution in [0.3, 0.4) is 0 Å². The fourth-order valence-electron chi connectivity index (χ4n) is 1.80. The zero-order valence-corrected chi connectivity index (χ0v) is 9.02. The molecular weight excluding hydrogens is 160 g/mol. The van der Waals surface area contributed by atoms with E-state index in [1.54, 1.807) is 0 Å². The Hall–Kier alpha value is -0.590. The standard InChI is InChI=1S/C12H20O/c1-4-5-6-10-9-12(2,3)8-7-11(10)13/h9H,4-8H2,1-3H3. The normalized spacial score (nSPS) is 21.5. The molecule has 1 aliphatic rings. The topological polar surface area (TPSA) is 17.1 Å². The average Bonchev–Trinajstić information content (AvgIpc) is 2.07. The second kappa shape index (κ2) is 4.08. The van der Waals surface area contributed by atoms with E-state index in [4.69, 9.17) is 0 Å². The lowest BCUT2D eigenvalue weighted by molar-refractivity contribution is -0.116. The van der Waals surface area contributed by atoms with Crippen molar-refractivity contribution in [1.29, 1.82) is 0 Å². The Morgan fingerprint density at radius 2 is 2.15 bits per heavy atom. The molecule has 0 saturated heterocycles. The Morgan fingerprint density at radius 1 is 1.46 bits per heavy atom. The quantitative estimate of drug-likeness (QED) is 0.649. The van der Waals surface area contributed by atoms with Gasteiger partial charge in [-0.2, -0.15) is 0 Å². The van der Waals surface area contributed by atoms with E-state index in [0.717, 1.165) is 31.3 Å². The van der Waals surface area contributed by atoms with Crippen LogP contribution in [0.25, 0.3) is 0 Å². The van der Waals surface area contributed by atoms with E-state index in [9.17, 15) is 4.79 Å². The van der Waals surface area contributed by atoms with E-state index < -0.39 is 0 Å². The van der Waals surface area contributed by atoms with Gasteiger partial charge in [0.15, 0.2) is 5.78 Å². The summed E-state index contributed by atoms with van der Waals surface area (Å²) in [5, 5.41) is 0. The van der Waals surface area contributed by atoms with Crippen LogP contribution in [0.2, 0.25) is 0 Å². The molecule has 0 saturated carbocycles. The summed E-state index contributed by atoms with van der Waals surface area (Å²) in [6.45, 7) is 6.59. The van der Waals surface area contributed by atoms with Gasteiger partial charge in [0.25, 0.3) is 0 Å². The third-order valence-electron chi connectivity index (χ3n) is 2.72. The van der Waals surface area contributed by atoms with Gasteiger partial charge in [0, 0.05) is 6.42 Å². The molecule has 0 N–H and O–H groups in total. The van der Waals surface area contributed by atoms with Crippen LogP contribution in [-0.4, -0.2) is 5.78 Å². The Balaban J connectivity index is 2.67. The molecule has 0 spiro atoms. The van der Waals surface area contributed by atoms with Crippen LogP contribution in [0.15, 0.2) is 11.6 Å². The van der Waals surface area contributed by atoms with Crippen molar-refractivity contribution < 1.29 is 4.79 Å². The number of hydrogen-bond acceptors (Lipinski definition) is 1. The summed E-state index contributed by atoms with van der Waals surface area (Å²) >= 11 is 0. The number of hydrogen-bond donors (Lipinski definition) is 0. The molecule has 1 rings (SSSR count). The summed E-state index contributed by atoms with van der Waals surface area (Å²) < 4.78 is 0. The summed E-state index contributed by atoms with van der Waals surface area (Å²) in [6.07, 6.45) is 7.26. The van der Waals surface area contributed by atoms with E-state index in [-0.39, 0.29) is 5.41 Å². The molecule has 0 aromatic rings. The number of carbonyl (C=O) groups is 1. The average molecular weight is 180 g/mol. The predicted molar refractivity (Wildman–Crippen MR) is 55.6 cm³/mol. The van der Waals surface area contributed by atoms with Gasteiger partial charge < -0.3 is 0 Å². The summed E-state index contributed by atoms with van der Waals surface area (Å²) in [4.78, 5) is 11.5. The van der Waals surface area contributed by atoms with Crippen molar-refractivity contribution in [3.05, 3.63) is 11.6 Å². The van der Waals surface area contributed by atoms with Crippen molar-refractivity contribution in [2.45, 2.75) is 52.9 Å². The highest BCUT2D eigenvalue weighted by Crippen LogP contribution is 2.32. The van der Waals surface area contributed by atoms with Crippen LogP contribution in [-0.2, 0) is 4.79 Å². The number of Topliss-reactive ketones (excluding diaryl/α,β-unsaturated/α-hetero) is 1. The maximum atomic E-state index is 11.5. The minimum Gasteiger partial charge on any atom is -0.295 e. The SMILES string of the molecule is CCCCC1=CC(C)(C)CCC1=O. The van der Waals surface area contributed by atoms with E-state index in [1.165, 1.54) is 6.42 Å². The lowest BCUT2D eigenvalue weighted by Gasteiger charge is -2.26. The smallest absolute Gasteiger partial charge is 0.158 e. The van der Waals surface area contributed by atoms with Crippen molar-refractivity contribution in [1.82, 2.24) is 0 Å². The third kappa shape index (κ3) is 2.98. The van der Waals surface area contributed by atoms with Gasteiger partial charge >= 0.3 is 0 Å². The van der Waals surface area contributed by atoms with Gasteiger partial charge in [0.1, 0.15) is 0 Å². The second-order valence-corrected chi connectivity index (χ2v) is 4.68. The highest BCUT2D eigenvalue weighted by Gasteiger charge is 2.24. The molecule has 0 aromatic carbocycles. The fourth-order valence-corrected chi connectivity index (χ4v) is 1.80. The Kier molecular flexibility index (Phi) is 3.29. The molecule has 0 aliphatic heterocycles. The van der Waals surface area contributed by atoms with E-state index in [2.05, 4.69) is 26.8 Å². The first-order valence-corrected chi connectivity index (χ1v) is 5.30. The van der Waals surface area contributed by atoms with Crippen LogP contribution in [0, 0.1) is 5.41 Å². The molecule has 0 radical (unpaired) electrons. The van der Waals surface area contributed by atoms with Crippen LogP contribution >= 0.6 is 0 Å². The molecule has 1 nitrogen and oxygen atoms in total. The van der Waals surface area contributed by atoms with Crippen LogP contribution < -0.4 is 0 Å². The summed E-state index contributed by atoms with van der Waals surface area (Å²) in [5.74, 6) is 0.382. The van der Waals surface area contributed by atoms with Gasteiger partial charge in [-0.15, -0.1) is 0 Å². The number of carbonyl (C=O) groups excluding carboxylic acids is 1. The van der Waals surface area contributed by atoms with Crippen LogP contribution in [0.5, 0.6) is 0 Å². The zero-order chi connectivity index (χ0) is 9.90. The summed E-state index contributed by atoms with van der Waals surface area (Å²) in [6, 6.07) is 0. The maximum Gasteiger partial charge on any atom is 0.158 e. The number of ketones is 1. The maximum absolute atomic E-state index is 11.5. The van der Waals surface area contributed by atoms with Gasteiger partial charge in [-0.25, -0.2) is 0 Å². The molecule has 0 unspecified atom stereocenters. The van der Waals surface area contributed by atoms with Crippen molar-refractivity contribution in [3.8, 4) is 0 Å². The molecule has 0 amide bonds. The summed E-state index contributed by atoms with van der Waals surface area (Å²) in [7, 11) is 0. The van der Waals surface area contributed by atoms with Gasteiger partial charge in [-0.3, -0.25) is 4.79 Å². The molecule has 13 heavy (non-hydrogen) atoms. The van der Waals surface area contributed by atoms with Gasteiger partial charge in [0.2, 0.25) is 0 Å². The molecule has 0 bridgehead atoms. The number of allylic oxidation sites excluding steroid dienone is 2. The molecule has 0 aromatic heterocycles. The Morgan fingerprint density at radius 3 is 2.77 bits per heavy atom. The van der Waals surface area contributed by atoms with Gasteiger partial charge in [0.05, 0.1) is 0 Å². The second-order valence-electron chi connectivity index (χ2n) is 4.68. The van der Waals surface area contributed by atoms with Gasteiger partial charge in [-0.1, -0.05) is 33.3 Å². The Bertz CT molecular complexity index is 223. The first-order valence-electron chi connectivity index (χ1n) is 5.30. The first kappa shape index (κ1) is 10.5. The minimum absolute atomic E-state index is 0.247. The lowest BCUT2D eigenvalue weighted by atomic mass is 9.78. The Labute approximate surface area is 81.2 Å². The van der Waals surface area contributed by atoms with Crippen molar-refractivity contribution in [3.63, 3.8) is 0 Å². The molecule has 0 heterocycles. The summed E-state index contributed by atoms with van der Waals surface area (Å²) in [5.41, 5.74) is 1.33. The molecule has 1 aliphatic carbocycles. The van der Waals surface area contributed by atoms with Crippen molar-refractivity contribution in [2.75, 3.05) is 0 Å².